The van der Waals surface area contributed by atoms with Crippen LogP contribution >= 0.6 is 0 Å². The number of hydrogen-bond acceptors (Lipinski definition) is 6. The highest BCUT2D eigenvalue weighted by molar-refractivity contribution is 5.92. The molecule has 0 bridgehead atoms. The van der Waals surface area contributed by atoms with E-state index in [1.807, 2.05) is 31.2 Å². The zero-order valence-corrected chi connectivity index (χ0v) is 17.8. The van der Waals surface area contributed by atoms with Crippen molar-refractivity contribution in [3.05, 3.63) is 77.9 Å². The molecule has 0 radical (unpaired) electrons. The fourth-order valence-corrected chi connectivity index (χ4v) is 3.23. The van der Waals surface area contributed by atoms with Crippen LogP contribution in [0.2, 0.25) is 0 Å². The molecular weight excluding hydrogens is 410 g/mol. The molecule has 0 aromatic heterocycles. The lowest BCUT2D eigenvalue weighted by molar-refractivity contribution is 0.0692. The first-order valence-electron chi connectivity index (χ1n) is 10.4. The van der Waals surface area contributed by atoms with Crippen LogP contribution < -0.4 is 14.8 Å². The smallest absolute Gasteiger partial charge is 0.339 e. The number of aromatic hydroxyl groups is 1. The van der Waals surface area contributed by atoms with E-state index < -0.39 is 12.1 Å². The average molecular weight is 437 g/mol. The van der Waals surface area contributed by atoms with Crippen LogP contribution in [0.5, 0.6) is 17.2 Å². The van der Waals surface area contributed by atoms with Gasteiger partial charge >= 0.3 is 5.97 Å². The van der Waals surface area contributed by atoms with Gasteiger partial charge in [0.05, 0.1) is 12.7 Å². The van der Waals surface area contributed by atoms with Crippen LogP contribution in [0.15, 0.2) is 66.7 Å². The Balaban J connectivity index is 1.50. The normalized spacial score (nSPS) is 11.7. The number of rotatable bonds is 11. The molecule has 3 rings (SSSR count). The summed E-state index contributed by atoms with van der Waals surface area (Å²) in [4.78, 5) is 11.3. The Hall–Kier alpha value is -3.55. The summed E-state index contributed by atoms with van der Waals surface area (Å²) in [6.07, 6.45) is -0.713. The molecule has 0 aliphatic carbocycles. The van der Waals surface area contributed by atoms with E-state index >= 15 is 0 Å². The van der Waals surface area contributed by atoms with Crippen LogP contribution in [0.1, 0.15) is 28.9 Å². The highest BCUT2D eigenvalue weighted by Gasteiger charge is 2.12. The van der Waals surface area contributed by atoms with E-state index in [0.717, 1.165) is 11.1 Å². The Labute approximate surface area is 186 Å². The lowest BCUT2D eigenvalue weighted by atomic mass is 10.0. The number of hydrogen-bond donors (Lipinski definition) is 4. The van der Waals surface area contributed by atoms with Gasteiger partial charge in [0.25, 0.3) is 0 Å². The summed E-state index contributed by atoms with van der Waals surface area (Å²) in [5, 5.41) is 32.0. The third-order valence-electron chi connectivity index (χ3n) is 4.84. The number of aliphatic hydroxyl groups excluding tert-OH is 1. The third-order valence-corrected chi connectivity index (χ3v) is 4.84. The van der Waals surface area contributed by atoms with Crippen molar-refractivity contribution in [3.8, 4) is 28.4 Å². The van der Waals surface area contributed by atoms with Gasteiger partial charge in [0.1, 0.15) is 29.4 Å². The quantitative estimate of drug-likeness (QED) is 0.337. The second-order valence-electron chi connectivity index (χ2n) is 7.14. The van der Waals surface area contributed by atoms with E-state index in [-0.39, 0.29) is 11.3 Å². The first kappa shape index (κ1) is 23.1. The molecule has 1 atom stereocenters. The van der Waals surface area contributed by atoms with Crippen molar-refractivity contribution in [2.24, 2.45) is 0 Å². The number of carboxylic acids is 1. The Morgan fingerprint density at radius 1 is 1.00 bits per heavy atom. The van der Waals surface area contributed by atoms with Crippen molar-refractivity contribution in [2.45, 2.75) is 13.0 Å². The van der Waals surface area contributed by atoms with E-state index in [1.54, 1.807) is 36.4 Å². The van der Waals surface area contributed by atoms with Gasteiger partial charge in [-0.05, 0) is 60.0 Å². The van der Waals surface area contributed by atoms with Crippen molar-refractivity contribution in [2.75, 3.05) is 26.3 Å². The third kappa shape index (κ3) is 6.23. The van der Waals surface area contributed by atoms with Gasteiger partial charge in [0.2, 0.25) is 0 Å². The summed E-state index contributed by atoms with van der Waals surface area (Å²) >= 11 is 0. The molecule has 7 heteroatoms. The Bertz CT molecular complexity index is 1030. The number of ether oxygens (including phenoxy) is 2. The van der Waals surface area contributed by atoms with E-state index in [2.05, 4.69) is 5.32 Å². The van der Waals surface area contributed by atoms with Gasteiger partial charge < -0.3 is 30.1 Å². The molecule has 168 valence electrons. The molecule has 0 saturated heterocycles. The predicted molar refractivity (Wildman–Crippen MR) is 121 cm³/mol. The van der Waals surface area contributed by atoms with E-state index in [4.69, 9.17) is 9.47 Å². The summed E-state index contributed by atoms with van der Waals surface area (Å²) in [5.74, 6) is 0.153. The zero-order chi connectivity index (χ0) is 22.9. The molecule has 4 N–H and O–H groups in total. The van der Waals surface area contributed by atoms with E-state index in [0.29, 0.717) is 43.4 Å². The number of benzene rings is 3. The molecule has 0 aliphatic rings. The van der Waals surface area contributed by atoms with Crippen LogP contribution in [-0.4, -0.2) is 47.6 Å². The Morgan fingerprint density at radius 3 is 2.44 bits per heavy atom. The molecule has 0 heterocycles. The second-order valence-corrected chi connectivity index (χ2v) is 7.14. The van der Waals surface area contributed by atoms with Gasteiger partial charge in [-0.2, -0.15) is 0 Å². The number of aliphatic hydroxyl groups is 1. The van der Waals surface area contributed by atoms with Crippen molar-refractivity contribution in [1.29, 1.82) is 0 Å². The van der Waals surface area contributed by atoms with E-state index in [1.165, 1.54) is 6.07 Å². The molecule has 7 nitrogen and oxygen atoms in total. The molecule has 0 fully saturated rings. The number of aromatic carboxylic acids is 1. The maximum absolute atomic E-state index is 11.3. The number of phenols is 1. The molecule has 0 unspecified atom stereocenters. The van der Waals surface area contributed by atoms with Crippen LogP contribution in [0.25, 0.3) is 11.1 Å². The van der Waals surface area contributed by atoms with Gasteiger partial charge in [-0.1, -0.05) is 30.3 Å². The van der Waals surface area contributed by atoms with Crippen molar-refractivity contribution < 1.29 is 29.6 Å². The maximum atomic E-state index is 11.3. The molecule has 32 heavy (non-hydrogen) atoms. The predicted octanol–water partition coefficient (Wildman–Crippen LogP) is 3.86. The first-order valence-corrected chi connectivity index (χ1v) is 10.4. The summed E-state index contributed by atoms with van der Waals surface area (Å²) in [6.45, 7) is 3.52. The van der Waals surface area contributed by atoms with Crippen molar-refractivity contribution in [3.63, 3.8) is 0 Å². The SMILES string of the molecule is CCOc1cc(-c2ccc(OCCNC[C@H](O)c3cccc(O)c3)cc2)ccc1C(=O)O. The molecule has 0 amide bonds. The summed E-state index contributed by atoms with van der Waals surface area (Å²) in [7, 11) is 0. The van der Waals surface area contributed by atoms with Crippen molar-refractivity contribution in [1.82, 2.24) is 5.32 Å². The van der Waals surface area contributed by atoms with Gasteiger partial charge in [0.15, 0.2) is 0 Å². The minimum Gasteiger partial charge on any atom is -0.508 e. The maximum Gasteiger partial charge on any atom is 0.339 e. The average Bonchev–Trinajstić information content (AvgIpc) is 2.79. The summed E-state index contributed by atoms with van der Waals surface area (Å²) < 4.78 is 11.2. The summed E-state index contributed by atoms with van der Waals surface area (Å²) in [6, 6.07) is 19.1. The highest BCUT2D eigenvalue weighted by Crippen LogP contribution is 2.29. The van der Waals surface area contributed by atoms with Crippen LogP contribution in [0.4, 0.5) is 0 Å². The van der Waals surface area contributed by atoms with Gasteiger partial charge in [-0.15, -0.1) is 0 Å². The first-order chi connectivity index (χ1) is 15.5. The lowest BCUT2D eigenvalue weighted by Gasteiger charge is -2.13. The fraction of sp³-hybridized carbons (Fsp3) is 0.240. The largest absolute Gasteiger partial charge is 0.508 e. The molecule has 3 aromatic rings. The zero-order valence-electron chi connectivity index (χ0n) is 17.8. The van der Waals surface area contributed by atoms with Crippen LogP contribution in [0, 0.1) is 0 Å². The molecular formula is C25H27NO6. The fourth-order valence-electron chi connectivity index (χ4n) is 3.23. The topological polar surface area (TPSA) is 108 Å². The van der Waals surface area contributed by atoms with Gasteiger partial charge in [-0.3, -0.25) is 0 Å². The Morgan fingerprint density at radius 2 is 1.75 bits per heavy atom. The minimum absolute atomic E-state index is 0.125. The molecule has 0 saturated carbocycles. The Kier molecular flexibility index (Phi) is 8.08. The van der Waals surface area contributed by atoms with Crippen molar-refractivity contribution >= 4 is 5.97 Å². The van der Waals surface area contributed by atoms with E-state index in [9.17, 15) is 20.1 Å². The molecule has 3 aromatic carbocycles. The summed E-state index contributed by atoms with van der Waals surface area (Å²) in [5.41, 5.74) is 2.56. The standard InChI is InChI=1S/C25H27NO6/c1-2-31-24-15-18(8-11-22(24)25(29)30)17-6-9-21(10-7-17)32-13-12-26-16-23(28)19-4-3-5-20(27)14-19/h3-11,14-15,23,26-28H,2,12-13,16H2,1H3,(H,29,30)/t23-/m0/s1. The minimum atomic E-state index is -1.02. The monoisotopic (exact) mass is 437 g/mol. The van der Waals surface area contributed by atoms with Crippen LogP contribution in [-0.2, 0) is 0 Å². The lowest BCUT2D eigenvalue weighted by Crippen LogP contribution is -2.26. The number of phenolic OH excluding ortho intramolecular Hbond substituents is 1. The number of carboxylic acid groups (broad SMARTS) is 1. The highest BCUT2D eigenvalue weighted by atomic mass is 16.5. The van der Waals surface area contributed by atoms with Gasteiger partial charge in [-0.25, -0.2) is 4.79 Å². The van der Waals surface area contributed by atoms with Crippen LogP contribution in [0.3, 0.4) is 0 Å². The number of nitrogens with one attached hydrogen (secondary N) is 1. The van der Waals surface area contributed by atoms with Gasteiger partial charge in [0, 0.05) is 13.1 Å². The molecule has 0 spiro atoms. The molecule has 0 aliphatic heterocycles. The number of carbonyl (C=O) groups is 1. The second kappa shape index (κ2) is 11.2.